The molecule has 1 aliphatic rings. The highest BCUT2D eigenvalue weighted by Crippen LogP contribution is 2.47. The molecule has 1 heterocycles. The predicted molar refractivity (Wildman–Crippen MR) is 154 cm³/mol. The number of ether oxygens (including phenoxy) is 4. The maximum absolute atomic E-state index is 13.8. The van der Waals surface area contributed by atoms with Crippen LogP contribution >= 0.6 is 0 Å². The van der Waals surface area contributed by atoms with Gasteiger partial charge in [0.15, 0.2) is 11.5 Å². The summed E-state index contributed by atoms with van der Waals surface area (Å²) in [5.74, 6) is -1.07. The van der Waals surface area contributed by atoms with E-state index in [4.69, 9.17) is 18.9 Å². The van der Waals surface area contributed by atoms with E-state index in [-0.39, 0.29) is 22.4 Å². The molecule has 0 aliphatic carbocycles. The number of halogens is 1. The monoisotopic (exact) mass is 563 g/mol. The molecule has 1 saturated heterocycles. The first-order chi connectivity index (χ1) is 19.5. The minimum Gasteiger partial charge on any atom is -0.507 e. The van der Waals surface area contributed by atoms with Crippen LogP contribution in [0.15, 0.2) is 60.2 Å². The van der Waals surface area contributed by atoms with Crippen LogP contribution in [0.3, 0.4) is 0 Å². The Bertz CT molecular complexity index is 1480. The molecule has 0 bridgehead atoms. The molecule has 1 unspecified atom stereocenters. The van der Waals surface area contributed by atoms with Crippen LogP contribution in [0.1, 0.15) is 50.4 Å². The van der Waals surface area contributed by atoms with Crippen molar-refractivity contribution in [3.05, 3.63) is 82.7 Å². The number of carbonyl (C=O) groups excluding carboxylic acids is 2. The Morgan fingerprint density at radius 3 is 2.02 bits per heavy atom. The number of methoxy groups -OCH3 is 3. The van der Waals surface area contributed by atoms with Gasteiger partial charge in [0, 0.05) is 16.8 Å². The Hall–Kier alpha value is -4.53. The lowest BCUT2D eigenvalue weighted by Crippen LogP contribution is -2.29. The van der Waals surface area contributed by atoms with Gasteiger partial charge in [0.1, 0.15) is 17.3 Å². The lowest BCUT2D eigenvalue weighted by atomic mass is 9.84. The summed E-state index contributed by atoms with van der Waals surface area (Å²) in [6.45, 7) is 8.38. The molecule has 1 amide bonds. The van der Waals surface area contributed by atoms with Gasteiger partial charge in [0.05, 0.1) is 39.6 Å². The van der Waals surface area contributed by atoms with Crippen molar-refractivity contribution in [2.75, 3.05) is 32.8 Å². The predicted octanol–water partition coefficient (Wildman–Crippen LogP) is 6.17. The minimum absolute atomic E-state index is 0.141. The molecular formula is C32H34FNO7. The zero-order valence-corrected chi connectivity index (χ0v) is 24.2. The minimum atomic E-state index is -1.10. The van der Waals surface area contributed by atoms with Crippen LogP contribution in [0.4, 0.5) is 10.1 Å². The number of anilines is 1. The molecule has 0 saturated carbocycles. The van der Waals surface area contributed by atoms with Gasteiger partial charge in [-0.3, -0.25) is 14.5 Å². The average Bonchev–Trinajstić information content (AvgIpc) is 3.21. The third-order valence-corrected chi connectivity index (χ3v) is 6.91. The summed E-state index contributed by atoms with van der Waals surface area (Å²) in [5, 5.41) is 11.7. The van der Waals surface area contributed by atoms with Gasteiger partial charge in [-0.2, -0.15) is 0 Å². The number of ketones is 1. The van der Waals surface area contributed by atoms with E-state index >= 15 is 0 Å². The van der Waals surface area contributed by atoms with Crippen molar-refractivity contribution in [1.82, 2.24) is 0 Å². The number of hydrogen-bond acceptors (Lipinski definition) is 7. The number of aliphatic hydroxyl groups is 1. The van der Waals surface area contributed by atoms with Crippen LogP contribution in [0.5, 0.6) is 23.0 Å². The van der Waals surface area contributed by atoms with Crippen LogP contribution < -0.4 is 23.8 Å². The second-order valence-electron chi connectivity index (χ2n) is 10.5. The molecule has 1 N–H and O–H groups in total. The quantitative estimate of drug-likeness (QED) is 0.199. The van der Waals surface area contributed by atoms with E-state index in [1.807, 2.05) is 27.7 Å². The molecule has 0 aromatic heterocycles. The molecule has 8 nitrogen and oxygen atoms in total. The number of amides is 1. The van der Waals surface area contributed by atoms with E-state index in [2.05, 4.69) is 0 Å². The van der Waals surface area contributed by atoms with E-state index in [1.165, 1.54) is 50.5 Å². The van der Waals surface area contributed by atoms with Gasteiger partial charge >= 0.3 is 0 Å². The van der Waals surface area contributed by atoms with Crippen molar-refractivity contribution >= 4 is 23.1 Å². The fourth-order valence-electron chi connectivity index (χ4n) is 4.98. The molecular weight excluding hydrogens is 529 g/mol. The molecule has 0 radical (unpaired) electrons. The number of nitrogens with zero attached hydrogens (tertiary/aromatic N) is 1. The van der Waals surface area contributed by atoms with Crippen molar-refractivity contribution in [1.29, 1.82) is 0 Å². The van der Waals surface area contributed by atoms with Crippen LogP contribution in [0.25, 0.3) is 5.76 Å². The standard InChI is InChI=1S/C32H34FNO7/c1-8-41-23-14-9-18(15-22(23)32(2,3)4)28(35)26-27(19-16-24(38-5)30(40-7)25(17-19)39-6)34(31(37)29(26)36)21-12-10-20(33)11-13-21/h9-17,27,35H,8H2,1-7H3/b28-26+. The summed E-state index contributed by atoms with van der Waals surface area (Å²) in [6.07, 6.45) is 0. The van der Waals surface area contributed by atoms with Gasteiger partial charge in [-0.25, -0.2) is 4.39 Å². The van der Waals surface area contributed by atoms with Gasteiger partial charge in [-0.15, -0.1) is 0 Å². The number of aliphatic hydroxyl groups excluding tert-OH is 1. The highest BCUT2D eigenvalue weighted by atomic mass is 19.1. The largest absolute Gasteiger partial charge is 0.507 e. The van der Waals surface area contributed by atoms with E-state index in [0.717, 1.165) is 5.56 Å². The Labute approximate surface area is 238 Å². The van der Waals surface area contributed by atoms with Crippen molar-refractivity contribution in [3.8, 4) is 23.0 Å². The van der Waals surface area contributed by atoms with E-state index < -0.39 is 23.5 Å². The molecule has 0 spiro atoms. The first-order valence-electron chi connectivity index (χ1n) is 13.1. The lowest BCUT2D eigenvalue weighted by Gasteiger charge is -2.27. The van der Waals surface area contributed by atoms with E-state index in [0.29, 0.717) is 40.7 Å². The SMILES string of the molecule is CCOc1ccc(/C(O)=C2\C(=O)C(=O)N(c3ccc(F)cc3)C2c2cc(OC)c(OC)c(OC)c2)cc1C(C)(C)C. The Balaban J connectivity index is 2.02. The molecule has 4 rings (SSSR count). The summed E-state index contributed by atoms with van der Waals surface area (Å²) in [7, 11) is 4.36. The summed E-state index contributed by atoms with van der Waals surface area (Å²) in [5.41, 5.74) is 1.35. The fraction of sp³-hybridized carbons (Fsp3) is 0.312. The van der Waals surface area contributed by atoms with Crippen LogP contribution in [0.2, 0.25) is 0 Å². The van der Waals surface area contributed by atoms with Crippen LogP contribution in [-0.4, -0.2) is 44.7 Å². The summed E-state index contributed by atoms with van der Waals surface area (Å²) in [6, 6.07) is 12.5. The maximum Gasteiger partial charge on any atom is 0.300 e. The highest BCUT2D eigenvalue weighted by molar-refractivity contribution is 6.51. The molecule has 3 aromatic carbocycles. The topological polar surface area (TPSA) is 94.5 Å². The Morgan fingerprint density at radius 2 is 1.51 bits per heavy atom. The van der Waals surface area contributed by atoms with Crippen molar-refractivity contribution in [3.63, 3.8) is 0 Å². The summed E-state index contributed by atoms with van der Waals surface area (Å²) < 4.78 is 36.1. The second kappa shape index (κ2) is 11.5. The third kappa shape index (κ3) is 5.44. The smallest absolute Gasteiger partial charge is 0.300 e. The molecule has 1 fully saturated rings. The fourth-order valence-corrected chi connectivity index (χ4v) is 4.98. The van der Waals surface area contributed by atoms with Gasteiger partial charge < -0.3 is 24.1 Å². The molecule has 9 heteroatoms. The summed E-state index contributed by atoms with van der Waals surface area (Å²) >= 11 is 0. The molecule has 1 atom stereocenters. The number of Topliss-reactive ketones (excluding diaryl/α,β-unsaturated/α-hetero) is 1. The van der Waals surface area contributed by atoms with Gasteiger partial charge in [-0.05, 0) is 72.5 Å². The average molecular weight is 564 g/mol. The van der Waals surface area contributed by atoms with Crippen molar-refractivity contribution < 1.29 is 38.0 Å². The first-order valence-corrected chi connectivity index (χ1v) is 13.1. The number of benzene rings is 3. The van der Waals surface area contributed by atoms with Gasteiger partial charge in [0.2, 0.25) is 5.75 Å². The van der Waals surface area contributed by atoms with Crippen molar-refractivity contribution in [2.24, 2.45) is 0 Å². The molecule has 216 valence electrons. The maximum atomic E-state index is 13.8. The normalized spacial score (nSPS) is 16.6. The highest BCUT2D eigenvalue weighted by Gasteiger charge is 2.47. The molecule has 3 aromatic rings. The van der Waals surface area contributed by atoms with Crippen molar-refractivity contribution in [2.45, 2.75) is 39.2 Å². The zero-order valence-electron chi connectivity index (χ0n) is 24.2. The lowest BCUT2D eigenvalue weighted by molar-refractivity contribution is -0.132. The van der Waals surface area contributed by atoms with Gasteiger partial charge in [-0.1, -0.05) is 20.8 Å². The Kier molecular flexibility index (Phi) is 8.28. The van der Waals surface area contributed by atoms with Gasteiger partial charge in [0.25, 0.3) is 11.7 Å². The number of hydrogen-bond donors (Lipinski definition) is 1. The summed E-state index contributed by atoms with van der Waals surface area (Å²) in [4.78, 5) is 28.4. The molecule has 41 heavy (non-hydrogen) atoms. The Morgan fingerprint density at radius 1 is 0.902 bits per heavy atom. The number of rotatable bonds is 8. The van der Waals surface area contributed by atoms with Crippen LogP contribution in [0, 0.1) is 5.82 Å². The number of carbonyl (C=O) groups is 2. The third-order valence-electron chi connectivity index (χ3n) is 6.91. The molecule has 1 aliphatic heterocycles. The zero-order chi connectivity index (χ0) is 30.1. The first kappa shape index (κ1) is 29.5. The van der Waals surface area contributed by atoms with E-state index in [9.17, 15) is 19.1 Å². The van der Waals surface area contributed by atoms with E-state index in [1.54, 1.807) is 30.3 Å². The second-order valence-corrected chi connectivity index (χ2v) is 10.5. The van der Waals surface area contributed by atoms with Crippen LogP contribution in [-0.2, 0) is 15.0 Å².